The number of rotatable bonds is 3. The van der Waals surface area contributed by atoms with E-state index in [1.54, 1.807) is 0 Å². The largest absolute Gasteiger partial charge is 0.481 e. The van der Waals surface area contributed by atoms with Crippen LogP contribution in [0, 0.1) is 5.92 Å². The topological polar surface area (TPSA) is 37.3 Å². The molecule has 1 unspecified atom stereocenters. The van der Waals surface area contributed by atoms with Gasteiger partial charge in [0, 0.05) is 6.42 Å². The van der Waals surface area contributed by atoms with Crippen molar-refractivity contribution in [1.82, 2.24) is 0 Å². The molecule has 7 heteroatoms. The van der Waals surface area contributed by atoms with E-state index in [4.69, 9.17) is 5.11 Å². The summed E-state index contributed by atoms with van der Waals surface area (Å²) in [7, 11) is 0. The molecule has 0 saturated heterocycles. The summed E-state index contributed by atoms with van der Waals surface area (Å²) < 4.78 is 57.7. The Morgan fingerprint density at radius 3 is 1.83 bits per heavy atom. The van der Waals surface area contributed by atoms with E-state index in [1.165, 1.54) is 0 Å². The monoisotopic (exact) mass is 192 g/mol. The Bertz CT molecular complexity index is 164. The number of carbonyl (C=O) groups is 1. The molecule has 0 aliphatic carbocycles. The number of hydrogen-bond acceptors (Lipinski definition) is 1. The van der Waals surface area contributed by atoms with Gasteiger partial charge in [-0.05, 0) is 0 Å². The summed E-state index contributed by atoms with van der Waals surface area (Å²) in [5.41, 5.74) is 0. The van der Waals surface area contributed by atoms with Gasteiger partial charge in [-0.25, -0.2) is 8.78 Å². The quantitative estimate of drug-likeness (QED) is 0.693. The SMILES string of the molecule is O=C(O)C(CC(F)F)C(F)(F)F. The second kappa shape index (κ2) is 3.68. The van der Waals surface area contributed by atoms with Crippen molar-refractivity contribution in [2.45, 2.75) is 19.0 Å². The molecule has 0 aliphatic rings. The van der Waals surface area contributed by atoms with E-state index >= 15 is 0 Å². The summed E-state index contributed by atoms with van der Waals surface area (Å²) >= 11 is 0. The number of carboxylic acid groups (broad SMARTS) is 1. The van der Waals surface area contributed by atoms with E-state index in [0.29, 0.717) is 0 Å². The van der Waals surface area contributed by atoms with Gasteiger partial charge in [0.05, 0.1) is 0 Å². The molecule has 0 aromatic carbocycles. The fourth-order valence-corrected chi connectivity index (χ4v) is 0.553. The van der Waals surface area contributed by atoms with Gasteiger partial charge in [0.2, 0.25) is 6.43 Å². The molecule has 0 rings (SSSR count). The summed E-state index contributed by atoms with van der Waals surface area (Å²) in [6.45, 7) is 0. The van der Waals surface area contributed by atoms with Crippen molar-refractivity contribution in [1.29, 1.82) is 0 Å². The first-order valence-electron chi connectivity index (χ1n) is 2.82. The van der Waals surface area contributed by atoms with Crippen LogP contribution in [0.15, 0.2) is 0 Å². The molecule has 0 aromatic rings. The highest BCUT2D eigenvalue weighted by Gasteiger charge is 2.46. The lowest BCUT2D eigenvalue weighted by Crippen LogP contribution is -2.32. The van der Waals surface area contributed by atoms with Crippen molar-refractivity contribution in [3.8, 4) is 0 Å². The van der Waals surface area contributed by atoms with Gasteiger partial charge in [0.25, 0.3) is 0 Å². The van der Waals surface area contributed by atoms with Crippen molar-refractivity contribution < 1.29 is 31.9 Å². The van der Waals surface area contributed by atoms with Gasteiger partial charge in [-0.15, -0.1) is 0 Å². The molecule has 1 N–H and O–H groups in total. The zero-order chi connectivity index (χ0) is 9.94. The van der Waals surface area contributed by atoms with Crippen LogP contribution in [-0.4, -0.2) is 23.7 Å². The predicted molar refractivity (Wildman–Crippen MR) is 27.8 cm³/mol. The number of aliphatic carboxylic acids is 1. The summed E-state index contributed by atoms with van der Waals surface area (Å²) in [6, 6.07) is 0. The molecular formula is C5H5F5O2. The maximum atomic E-state index is 11.6. The van der Waals surface area contributed by atoms with Crippen molar-refractivity contribution in [2.24, 2.45) is 5.92 Å². The van der Waals surface area contributed by atoms with Crippen LogP contribution in [-0.2, 0) is 4.79 Å². The highest BCUT2D eigenvalue weighted by Crippen LogP contribution is 2.30. The molecule has 12 heavy (non-hydrogen) atoms. The van der Waals surface area contributed by atoms with Crippen LogP contribution in [0.5, 0.6) is 0 Å². The molecule has 0 radical (unpaired) electrons. The predicted octanol–water partition coefficient (Wildman–Crippen LogP) is 1.90. The molecule has 2 nitrogen and oxygen atoms in total. The van der Waals surface area contributed by atoms with Crippen molar-refractivity contribution >= 4 is 5.97 Å². The number of carboxylic acids is 1. The van der Waals surface area contributed by atoms with E-state index in [-0.39, 0.29) is 0 Å². The van der Waals surface area contributed by atoms with E-state index in [9.17, 15) is 26.7 Å². The normalized spacial score (nSPS) is 14.8. The summed E-state index contributed by atoms with van der Waals surface area (Å²) in [5, 5.41) is 7.90. The fourth-order valence-electron chi connectivity index (χ4n) is 0.553. The molecule has 0 aromatic heterocycles. The van der Waals surface area contributed by atoms with Crippen LogP contribution in [0.25, 0.3) is 0 Å². The molecule has 72 valence electrons. The van der Waals surface area contributed by atoms with E-state index in [1.807, 2.05) is 0 Å². The average Bonchev–Trinajstić information content (AvgIpc) is 1.79. The first kappa shape index (κ1) is 11.1. The minimum Gasteiger partial charge on any atom is -0.481 e. The van der Waals surface area contributed by atoms with E-state index in [2.05, 4.69) is 0 Å². The molecule has 0 fully saturated rings. The van der Waals surface area contributed by atoms with Crippen LogP contribution < -0.4 is 0 Å². The number of hydrogen-bond donors (Lipinski definition) is 1. The van der Waals surface area contributed by atoms with Gasteiger partial charge in [0.1, 0.15) is 0 Å². The summed E-state index contributed by atoms with van der Waals surface area (Å²) in [5.74, 6) is -5.25. The Hall–Kier alpha value is -0.880. The lowest BCUT2D eigenvalue weighted by Gasteiger charge is -2.14. The smallest absolute Gasteiger partial charge is 0.402 e. The van der Waals surface area contributed by atoms with E-state index in [0.717, 1.165) is 0 Å². The van der Waals surface area contributed by atoms with Gasteiger partial charge in [-0.3, -0.25) is 4.79 Å². The maximum absolute atomic E-state index is 11.6. The second-order valence-electron chi connectivity index (χ2n) is 2.06. The third-order valence-electron chi connectivity index (χ3n) is 1.11. The van der Waals surface area contributed by atoms with Gasteiger partial charge in [0.15, 0.2) is 5.92 Å². The zero-order valence-electron chi connectivity index (χ0n) is 5.61. The van der Waals surface area contributed by atoms with Crippen molar-refractivity contribution in [3.05, 3.63) is 0 Å². The number of halogens is 5. The van der Waals surface area contributed by atoms with Crippen LogP contribution in [0.1, 0.15) is 6.42 Å². The highest BCUT2D eigenvalue weighted by molar-refractivity contribution is 5.70. The average molecular weight is 192 g/mol. The molecule has 0 bridgehead atoms. The lowest BCUT2D eigenvalue weighted by molar-refractivity contribution is -0.199. The molecule has 0 spiro atoms. The zero-order valence-corrected chi connectivity index (χ0v) is 5.61. The maximum Gasteiger partial charge on any atom is 0.402 e. The Morgan fingerprint density at radius 1 is 1.33 bits per heavy atom. The van der Waals surface area contributed by atoms with Gasteiger partial charge < -0.3 is 5.11 Å². The Morgan fingerprint density at radius 2 is 1.75 bits per heavy atom. The number of alkyl halides is 5. The second-order valence-corrected chi connectivity index (χ2v) is 2.06. The lowest BCUT2D eigenvalue weighted by atomic mass is 10.1. The fraction of sp³-hybridized carbons (Fsp3) is 0.800. The Kier molecular flexibility index (Phi) is 3.41. The molecular weight excluding hydrogens is 187 g/mol. The molecule has 0 aliphatic heterocycles. The minimum atomic E-state index is -5.11. The van der Waals surface area contributed by atoms with E-state index < -0.39 is 30.9 Å². The van der Waals surface area contributed by atoms with Crippen LogP contribution in [0.3, 0.4) is 0 Å². The van der Waals surface area contributed by atoms with Crippen LogP contribution in [0.2, 0.25) is 0 Å². The molecule has 0 amide bonds. The Balaban J connectivity index is 4.35. The van der Waals surface area contributed by atoms with Crippen LogP contribution >= 0.6 is 0 Å². The van der Waals surface area contributed by atoms with Gasteiger partial charge in [-0.2, -0.15) is 13.2 Å². The standard InChI is InChI=1S/C5H5F5O2/c6-3(7)1-2(4(11)12)5(8,9)10/h2-3H,1H2,(H,11,12). The molecule has 0 saturated carbocycles. The third kappa shape index (κ3) is 3.49. The first-order chi connectivity index (χ1) is 5.25. The first-order valence-corrected chi connectivity index (χ1v) is 2.82. The highest BCUT2D eigenvalue weighted by atomic mass is 19.4. The van der Waals surface area contributed by atoms with Crippen molar-refractivity contribution in [3.63, 3.8) is 0 Å². The molecule has 0 heterocycles. The van der Waals surface area contributed by atoms with Crippen LogP contribution in [0.4, 0.5) is 22.0 Å². The van der Waals surface area contributed by atoms with Gasteiger partial charge >= 0.3 is 12.1 Å². The van der Waals surface area contributed by atoms with Crippen molar-refractivity contribution in [2.75, 3.05) is 0 Å². The Labute approximate surface area is 64.0 Å². The van der Waals surface area contributed by atoms with Gasteiger partial charge in [-0.1, -0.05) is 0 Å². The minimum absolute atomic E-state index is 1.70. The molecule has 1 atom stereocenters. The summed E-state index contributed by atoms with van der Waals surface area (Å²) in [6.07, 6.45) is -10.1. The summed E-state index contributed by atoms with van der Waals surface area (Å²) in [4.78, 5) is 9.83. The third-order valence-corrected chi connectivity index (χ3v) is 1.11.